The highest BCUT2D eigenvalue weighted by molar-refractivity contribution is 5.68. The number of aryl methyl sites for hydroxylation is 2. The highest BCUT2D eigenvalue weighted by atomic mass is 16.6. The van der Waals surface area contributed by atoms with Crippen molar-refractivity contribution in [3.63, 3.8) is 0 Å². The van der Waals surface area contributed by atoms with Crippen LogP contribution in [0.2, 0.25) is 0 Å². The average Bonchev–Trinajstić information content (AvgIpc) is 2.74. The maximum atomic E-state index is 12.2. The van der Waals surface area contributed by atoms with Crippen LogP contribution in [0.4, 0.5) is 4.79 Å². The number of carbonyl (C=O) groups is 1. The monoisotopic (exact) mass is 285 g/mol. The van der Waals surface area contributed by atoms with Gasteiger partial charge in [0.15, 0.2) is 0 Å². The number of H-pyrrole nitrogens is 1. The molecule has 0 saturated carbocycles. The quantitative estimate of drug-likeness (QED) is 0.923. The number of carbonyl (C=O) groups excluding carboxylic acids is 1. The number of nitrogens with one attached hydrogen (secondary N) is 1. The topological polar surface area (TPSA) is 58.2 Å². The van der Waals surface area contributed by atoms with Gasteiger partial charge in [-0.15, -0.1) is 0 Å². The maximum Gasteiger partial charge on any atom is 0.410 e. The molecule has 1 N–H and O–H groups in total. The van der Waals surface area contributed by atoms with Crippen molar-refractivity contribution in [3.05, 3.63) is 52.8 Å². The predicted octanol–water partition coefficient (Wildman–Crippen LogP) is 2.80. The molecule has 0 spiro atoms. The summed E-state index contributed by atoms with van der Waals surface area (Å²) in [6.07, 6.45) is 1.56. The molecule has 0 bridgehead atoms. The van der Waals surface area contributed by atoms with Gasteiger partial charge < -0.3 is 9.64 Å². The molecule has 21 heavy (non-hydrogen) atoms. The molecule has 5 nitrogen and oxygen atoms in total. The van der Waals surface area contributed by atoms with Crippen LogP contribution in [-0.4, -0.2) is 27.7 Å². The fourth-order valence-corrected chi connectivity index (χ4v) is 2.59. The molecule has 0 unspecified atom stereocenters. The normalized spacial score (nSPS) is 14.4. The lowest BCUT2D eigenvalue weighted by atomic mass is 10.1. The number of rotatable bonds is 2. The summed E-state index contributed by atoms with van der Waals surface area (Å²) in [7, 11) is 0. The van der Waals surface area contributed by atoms with E-state index in [0.717, 1.165) is 35.4 Å². The van der Waals surface area contributed by atoms with Gasteiger partial charge in [-0.1, -0.05) is 30.3 Å². The molecule has 2 aromatic rings. The van der Waals surface area contributed by atoms with Crippen molar-refractivity contribution in [2.24, 2.45) is 0 Å². The van der Waals surface area contributed by atoms with E-state index in [-0.39, 0.29) is 6.09 Å². The van der Waals surface area contributed by atoms with Crippen molar-refractivity contribution in [2.45, 2.75) is 32.9 Å². The van der Waals surface area contributed by atoms with Crippen molar-refractivity contribution in [1.82, 2.24) is 15.1 Å². The third-order valence-corrected chi connectivity index (χ3v) is 3.81. The number of benzene rings is 1. The van der Waals surface area contributed by atoms with Crippen molar-refractivity contribution < 1.29 is 9.53 Å². The smallest absolute Gasteiger partial charge is 0.410 e. The molecule has 2 heterocycles. The van der Waals surface area contributed by atoms with Gasteiger partial charge in [-0.25, -0.2) is 4.79 Å². The first-order valence-corrected chi connectivity index (χ1v) is 7.22. The molecule has 1 amide bonds. The summed E-state index contributed by atoms with van der Waals surface area (Å²) >= 11 is 0. The number of hydrogen-bond donors (Lipinski definition) is 1. The van der Waals surface area contributed by atoms with E-state index in [0.29, 0.717) is 19.7 Å². The molecule has 1 aromatic heterocycles. The van der Waals surface area contributed by atoms with Crippen LogP contribution < -0.4 is 0 Å². The zero-order valence-electron chi connectivity index (χ0n) is 12.1. The lowest BCUT2D eigenvalue weighted by Gasteiger charge is -2.20. The van der Waals surface area contributed by atoms with E-state index in [2.05, 4.69) is 10.2 Å². The van der Waals surface area contributed by atoms with Crippen LogP contribution in [-0.2, 0) is 24.3 Å². The lowest BCUT2D eigenvalue weighted by molar-refractivity contribution is 0.0941. The minimum Gasteiger partial charge on any atom is -0.445 e. The van der Waals surface area contributed by atoms with Crippen LogP contribution in [0.5, 0.6) is 0 Å². The SMILES string of the molecule is Cc1[nH]nc2c1CN(C(=O)OCc1ccccc1)CCC2. The Bertz CT molecular complexity index is 622. The van der Waals surface area contributed by atoms with Gasteiger partial charge in [-0.3, -0.25) is 5.10 Å². The minimum absolute atomic E-state index is 0.257. The van der Waals surface area contributed by atoms with Crippen LogP contribution in [0.15, 0.2) is 30.3 Å². The van der Waals surface area contributed by atoms with E-state index in [4.69, 9.17) is 4.74 Å². The molecule has 0 saturated heterocycles. The highest BCUT2D eigenvalue weighted by Gasteiger charge is 2.23. The van der Waals surface area contributed by atoms with Crippen LogP contribution >= 0.6 is 0 Å². The van der Waals surface area contributed by atoms with E-state index in [9.17, 15) is 4.79 Å². The summed E-state index contributed by atoms with van der Waals surface area (Å²) < 4.78 is 5.41. The number of aromatic nitrogens is 2. The Hall–Kier alpha value is -2.30. The van der Waals surface area contributed by atoms with Crippen molar-refractivity contribution in [1.29, 1.82) is 0 Å². The van der Waals surface area contributed by atoms with E-state index in [1.54, 1.807) is 4.90 Å². The summed E-state index contributed by atoms with van der Waals surface area (Å²) in [5, 5.41) is 7.30. The average molecular weight is 285 g/mol. The molecule has 1 aliphatic rings. The molecule has 0 atom stereocenters. The van der Waals surface area contributed by atoms with E-state index >= 15 is 0 Å². The van der Waals surface area contributed by atoms with Gasteiger partial charge in [0, 0.05) is 17.8 Å². The molecule has 110 valence electrons. The molecular weight excluding hydrogens is 266 g/mol. The van der Waals surface area contributed by atoms with Crippen molar-refractivity contribution in [2.75, 3.05) is 6.54 Å². The van der Waals surface area contributed by atoms with E-state index < -0.39 is 0 Å². The Morgan fingerprint density at radius 1 is 1.38 bits per heavy atom. The maximum absolute atomic E-state index is 12.2. The first kappa shape index (κ1) is 13.7. The highest BCUT2D eigenvalue weighted by Crippen LogP contribution is 2.20. The summed E-state index contributed by atoms with van der Waals surface area (Å²) in [6.45, 7) is 3.59. The van der Waals surface area contributed by atoms with E-state index in [1.165, 1.54) is 0 Å². The number of amides is 1. The van der Waals surface area contributed by atoms with Gasteiger partial charge in [0.2, 0.25) is 0 Å². The molecular formula is C16H19N3O2. The van der Waals surface area contributed by atoms with Gasteiger partial charge in [0.25, 0.3) is 0 Å². The van der Waals surface area contributed by atoms with Crippen LogP contribution in [0.1, 0.15) is 28.9 Å². The molecule has 5 heteroatoms. The minimum atomic E-state index is -0.257. The number of ether oxygens (including phenoxy) is 1. The van der Waals surface area contributed by atoms with Gasteiger partial charge in [0.1, 0.15) is 6.61 Å². The zero-order chi connectivity index (χ0) is 14.7. The molecule has 0 aliphatic carbocycles. The fourth-order valence-electron chi connectivity index (χ4n) is 2.59. The second kappa shape index (κ2) is 5.99. The van der Waals surface area contributed by atoms with Crippen molar-refractivity contribution >= 4 is 6.09 Å². The Morgan fingerprint density at radius 3 is 3.00 bits per heavy atom. The second-order valence-corrected chi connectivity index (χ2v) is 5.34. The number of aromatic amines is 1. The van der Waals surface area contributed by atoms with Crippen LogP contribution in [0.3, 0.4) is 0 Å². The number of hydrogen-bond acceptors (Lipinski definition) is 3. The van der Waals surface area contributed by atoms with Gasteiger partial charge in [-0.05, 0) is 25.3 Å². The van der Waals surface area contributed by atoms with Gasteiger partial charge in [0.05, 0.1) is 12.2 Å². The Kier molecular flexibility index (Phi) is 3.90. The summed E-state index contributed by atoms with van der Waals surface area (Å²) in [4.78, 5) is 14.0. The third-order valence-electron chi connectivity index (χ3n) is 3.81. The van der Waals surface area contributed by atoms with Crippen LogP contribution in [0, 0.1) is 6.92 Å². The molecule has 0 radical (unpaired) electrons. The summed E-state index contributed by atoms with van der Waals surface area (Å²) in [5.74, 6) is 0. The Morgan fingerprint density at radius 2 is 2.19 bits per heavy atom. The second-order valence-electron chi connectivity index (χ2n) is 5.34. The largest absolute Gasteiger partial charge is 0.445 e. The first-order chi connectivity index (χ1) is 10.2. The summed E-state index contributed by atoms with van der Waals surface area (Å²) in [6, 6.07) is 9.73. The predicted molar refractivity (Wildman–Crippen MR) is 78.7 cm³/mol. The van der Waals surface area contributed by atoms with Gasteiger partial charge in [-0.2, -0.15) is 5.10 Å². The summed E-state index contributed by atoms with van der Waals surface area (Å²) in [5.41, 5.74) is 4.24. The van der Waals surface area contributed by atoms with Crippen molar-refractivity contribution in [3.8, 4) is 0 Å². The van der Waals surface area contributed by atoms with E-state index in [1.807, 2.05) is 37.3 Å². The molecule has 0 fully saturated rings. The first-order valence-electron chi connectivity index (χ1n) is 7.22. The lowest BCUT2D eigenvalue weighted by Crippen LogP contribution is -2.31. The number of nitrogens with zero attached hydrogens (tertiary/aromatic N) is 2. The Labute approximate surface area is 123 Å². The molecule has 1 aromatic carbocycles. The molecule has 1 aliphatic heterocycles. The third kappa shape index (κ3) is 3.07. The van der Waals surface area contributed by atoms with Gasteiger partial charge >= 0.3 is 6.09 Å². The number of fused-ring (bicyclic) bond motifs is 1. The standard InChI is InChI=1S/C16H19N3O2/c1-12-14-10-19(9-5-8-15(14)18-17-12)16(20)21-11-13-6-3-2-4-7-13/h2-4,6-7H,5,8-11H2,1H3,(H,17,18). The zero-order valence-corrected chi connectivity index (χ0v) is 12.1. The Balaban J connectivity index is 1.64. The van der Waals surface area contributed by atoms with Crippen LogP contribution in [0.25, 0.3) is 0 Å². The molecule has 3 rings (SSSR count). The fraction of sp³-hybridized carbons (Fsp3) is 0.375.